The van der Waals surface area contributed by atoms with Crippen LogP contribution in [0.2, 0.25) is 0 Å². The quantitative estimate of drug-likeness (QED) is 0.688. The molecular formula is C15H30O. The van der Waals surface area contributed by atoms with Crippen molar-refractivity contribution in [3.05, 3.63) is 0 Å². The second-order valence-electron chi connectivity index (χ2n) is 5.56. The van der Waals surface area contributed by atoms with Gasteiger partial charge in [0.15, 0.2) is 0 Å². The van der Waals surface area contributed by atoms with Crippen molar-refractivity contribution in [2.75, 3.05) is 0 Å². The minimum Gasteiger partial charge on any atom is -0.393 e. The second-order valence-corrected chi connectivity index (χ2v) is 5.56. The Hall–Kier alpha value is -0.0400. The van der Waals surface area contributed by atoms with Gasteiger partial charge in [-0.3, -0.25) is 0 Å². The van der Waals surface area contributed by atoms with Crippen LogP contribution in [0.3, 0.4) is 0 Å². The Bertz CT molecular complexity index is 156. The lowest BCUT2D eigenvalue weighted by atomic mass is 9.93. The molecule has 1 rings (SSSR count). The minimum absolute atomic E-state index is 0.0114. The predicted octanol–water partition coefficient (Wildman–Crippen LogP) is 4.68. The summed E-state index contributed by atoms with van der Waals surface area (Å²) in [6.45, 7) is 2.34. The zero-order valence-corrected chi connectivity index (χ0v) is 11.1. The molecule has 2 atom stereocenters. The molecule has 0 aromatic rings. The van der Waals surface area contributed by atoms with E-state index in [9.17, 15) is 5.11 Å². The fourth-order valence-electron chi connectivity index (χ4n) is 2.85. The highest BCUT2D eigenvalue weighted by atomic mass is 16.3. The van der Waals surface area contributed by atoms with E-state index in [-0.39, 0.29) is 6.10 Å². The Morgan fingerprint density at radius 1 is 0.750 bits per heavy atom. The summed E-state index contributed by atoms with van der Waals surface area (Å²) < 4.78 is 0. The van der Waals surface area contributed by atoms with Crippen molar-refractivity contribution in [1.82, 2.24) is 0 Å². The first-order chi connectivity index (χ1) is 7.83. The summed E-state index contributed by atoms with van der Waals surface area (Å²) in [5.74, 6) is 0.977. The average molecular weight is 226 g/mol. The van der Waals surface area contributed by atoms with E-state index in [1.807, 2.05) is 0 Å². The van der Waals surface area contributed by atoms with Gasteiger partial charge in [0.2, 0.25) is 0 Å². The van der Waals surface area contributed by atoms with Gasteiger partial charge in [0.1, 0.15) is 0 Å². The summed E-state index contributed by atoms with van der Waals surface area (Å²) in [5, 5.41) is 9.76. The van der Waals surface area contributed by atoms with Crippen LogP contribution in [-0.4, -0.2) is 11.2 Å². The van der Waals surface area contributed by atoms with E-state index in [2.05, 4.69) is 6.92 Å². The molecule has 0 radical (unpaired) electrons. The van der Waals surface area contributed by atoms with Crippen LogP contribution >= 0.6 is 0 Å². The topological polar surface area (TPSA) is 20.2 Å². The molecule has 1 N–H and O–H groups in total. The number of aliphatic hydroxyl groups is 1. The van der Waals surface area contributed by atoms with E-state index in [0.717, 1.165) is 18.8 Å². The van der Waals surface area contributed by atoms with Gasteiger partial charge in [-0.2, -0.15) is 0 Å². The minimum atomic E-state index is -0.0114. The summed E-state index contributed by atoms with van der Waals surface area (Å²) in [6.07, 6.45) is 15.6. The maximum Gasteiger partial charge on any atom is 0.0540 e. The van der Waals surface area contributed by atoms with Crippen LogP contribution in [0.15, 0.2) is 0 Å². The lowest BCUT2D eigenvalue weighted by Crippen LogP contribution is -2.05. The van der Waals surface area contributed by atoms with Gasteiger partial charge >= 0.3 is 0 Å². The second kappa shape index (κ2) is 9.04. The molecule has 0 amide bonds. The molecule has 0 bridgehead atoms. The maximum absolute atomic E-state index is 9.76. The van der Waals surface area contributed by atoms with Gasteiger partial charge in [0, 0.05) is 0 Å². The Balaban J connectivity index is 2.25. The molecule has 2 unspecified atom stereocenters. The van der Waals surface area contributed by atoms with Crippen molar-refractivity contribution in [3.8, 4) is 0 Å². The molecule has 0 aromatic carbocycles. The first-order valence-corrected chi connectivity index (χ1v) is 7.51. The van der Waals surface area contributed by atoms with E-state index < -0.39 is 0 Å². The zero-order valence-electron chi connectivity index (χ0n) is 11.1. The predicted molar refractivity (Wildman–Crippen MR) is 70.6 cm³/mol. The summed E-state index contributed by atoms with van der Waals surface area (Å²) >= 11 is 0. The largest absolute Gasteiger partial charge is 0.393 e. The number of hydrogen-bond acceptors (Lipinski definition) is 1. The molecule has 0 aliphatic heterocycles. The highest BCUT2D eigenvalue weighted by molar-refractivity contribution is 4.62. The van der Waals surface area contributed by atoms with Gasteiger partial charge in [-0.05, 0) is 18.8 Å². The Morgan fingerprint density at radius 2 is 1.19 bits per heavy atom. The standard InChI is InChI=1S/C15H30O/c1-2-14-10-6-3-4-8-12-15(16)13-9-5-7-11-14/h14-16H,2-13H2,1H3. The molecule has 1 heteroatoms. The molecule has 0 spiro atoms. The molecule has 1 fully saturated rings. The van der Waals surface area contributed by atoms with Gasteiger partial charge in [-0.15, -0.1) is 0 Å². The molecule has 0 aromatic heterocycles. The molecule has 96 valence electrons. The number of hydrogen-bond donors (Lipinski definition) is 1. The lowest BCUT2D eigenvalue weighted by molar-refractivity contribution is 0.147. The molecular weight excluding hydrogens is 196 g/mol. The first-order valence-electron chi connectivity index (χ1n) is 7.51. The van der Waals surface area contributed by atoms with E-state index in [1.54, 1.807) is 0 Å². The lowest BCUT2D eigenvalue weighted by Gasteiger charge is -2.14. The zero-order chi connectivity index (χ0) is 11.6. The molecule has 0 saturated heterocycles. The smallest absolute Gasteiger partial charge is 0.0540 e. The van der Waals surface area contributed by atoms with Gasteiger partial charge < -0.3 is 5.11 Å². The van der Waals surface area contributed by atoms with E-state index in [4.69, 9.17) is 0 Å². The highest BCUT2D eigenvalue weighted by Crippen LogP contribution is 2.22. The van der Waals surface area contributed by atoms with Crippen molar-refractivity contribution in [3.63, 3.8) is 0 Å². The monoisotopic (exact) mass is 226 g/mol. The maximum atomic E-state index is 9.76. The fraction of sp³-hybridized carbons (Fsp3) is 1.00. The van der Waals surface area contributed by atoms with Crippen molar-refractivity contribution in [2.45, 2.75) is 90.1 Å². The molecule has 16 heavy (non-hydrogen) atoms. The summed E-state index contributed by atoms with van der Waals surface area (Å²) in [6, 6.07) is 0. The van der Waals surface area contributed by atoms with E-state index in [1.165, 1.54) is 64.2 Å². The van der Waals surface area contributed by atoms with E-state index in [0.29, 0.717) is 0 Å². The summed E-state index contributed by atoms with van der Waals surface area (Å²) in [4.78, 5) is 0. The van der Waals surface area contributed by atoms with Crippen LogP contribution in [0.25, 0.3) is 0 Å². The van der Waals surface area contributed by atoms with Crippen LogP contribution in [-0.2, 0) is 0 Å². The van der Waals surface area contributed by atoms with Gasteiger partial charge in [0.05, 0.1) is 6.10 Å². The number of aliphatic hydroxyl groups excluding tert-OH is 1. The Labute approximate surface area is 102 Å². The van der Waals surface area contributed by atoms with Gasteiger partial charge in [-0.25, -0.2) is 0 Å². The third kappa shape index (κ3) is 6.52. The fourth-order valence-corrected chi connectivity index (χ4v) is 2.85. The molecule has 1 nitrogen and oxygen atoms in total. The summed E-state index contributed by atoms with van der Waals surface area (Å²) in [7, 11) is 0. The van der Waals surface area contributed by atoms with Crippen LogP contribution in [0.4, 0.5) is 0 Å². The van der Waals surface area contributed by atoms with Crippen LogP contribution < -0.4 is 0 Å². The van der Waals surface area contributed by atoms with Crippen molar-refractivity contribution < 1.29 is 5.11 Å². The third-order valence-electron chi connectivity index (χ3n) is 4.13. The van der Waals surface area contributed by atoms with Gasteiger partial charge in [-0.1, -0.05) is 71.1 Å². The van der Waals surface area contributed by atoms with E-state index >= 15 is 0 Å². The van der Waals surface area contributed by atoms with Crippen molar-refractivity contribution >= 4 is 0 Å². The SMILES string of the molecule is CCC1CCCCCCC(O)CCCCC1. The van der Waals surface area contributed by atoms with Crippen LogP contribution in [0.1, 0.15) is 84.0 Å². The Morgan fingerprint density at radius 3 is 1.69 bits per heavy atom. The van der Waals surface area contributed by atoms with Crippen molar-refractivity contribution in [1.29, 1.82) is 0 Å². The molecule has 1 saturated carbocycles. The van der Waals surface area contributed by atoms with Crippen LogP contribution in [0.5, 0.6) is 0 Å². The normalized spacial score (nSPS) is 31.1. The highest BCUT2D eigenvalue weighted by Gasteiger charge is 2.08. The average Bonchev–Trinajstić information content (AvgIpc) is 2.31. The molecule has 0 heterocycles. The first kappa shape index (κ1) is 14.0. The van der Waals surface area contributed by atoms with Crippen LogP contribution in [0, 0.1) is 5.92 Å². The Kier molecular flexibility index (Phi) is 7.92. The van der Waals surface area contributed by atoms with Gasteiger partial charge in [0.25, 0.3) is 0 Å². The number of rotatable bonds is 1. The molecule has 1 aliphatic rings. The molecule has 1 aliphatic carbocycles. The third-order valence-corrected chi connectivity index (χ3v) is 4.13. The summed E-state index contributed by atoms with van der Waals surface area (Å²) in [5.41, 5.74) is 0. The van der Waals surface area contributed by atoms with Crippen molar-refractivity contribution in [2.24, 2.45) is 5.92 Å².